The number of nitrogens with one attached hydrogen (secondary N) is 1. The van der Waals surface area contributed by atoms with Crippen molar-refractivity contribution in [2.24, 2.45) is 5.92 Å². The van der Waals surface area contributed by atoms with Gasteiger partial charge >= 0.3 is 12.0 Å². The summed E-state index contributed by atoms with van der Waals surface area (Å²) < 4.78 is 0. The smallest absolute Gasteiger partial charge is 0.317 e. The number of likely N-dealkylation sites (N-methyl/N-ethyl adjacent to an activating group) is 1. The quantitative estimate of drug-likeness (QED) is 0.676. The number of rotatable bonds is 7. The third-order valence-electron chi connectivity index (χ3n) is 2.63. The van der Waals surface area contributed by atoms with Crippen LogP contribution in [0.4, 0.5) is 4.79 Å². The molecule has 6 nitrogen and oxygen atoms in total. The fourth-order valence-electron chi connectivity index (χ4n) is 1.22. The molecule has 0 heterocycles. The molecule has 0 aromatic carbocycles. The Balaban J connectivity index is 3.86. The van der Waals surface area contributed by atoms with Crippen LogP contribution >= 0.6 is 0 Å². The first-order chi connectivity index (χ1) is 7.88. The highest BCUT2D eigenvalue weighted by Crippen LogP contribution is 1.98. The van der Waals surface area contributed by atoms with E-state index in [9.17, 15) is 9.59 Å². The van der Waals surface area contributed by atoms with Crippen molar-refractivity contribution in [2.45, 2.75) is 13.8 Å². The minimum absolute atomic E-state index is 0.213. The van der Waals surface area contributed by atoms with E-state index in [1.54, 1.807) is 14.0 Å². The molecule has 1 unspecified atom stereocenters. The Morgan fingerprint density at radius 2 is 1.94 bits per heavy atom. The van der Waals surface area contributed by atoms with Crippen molar-refractivity contribution < 1.29 is 14.7 Å². The second kappa shape index (κ2) is 7.89. The van der Waals surface area contributed by atoms with E-state index >= 15 is 0 Å². The third kappa shape index (κ3) is 6.78. The lowest BCUT2D eigenvalue weighted by molar-refractivity contribution is -0.141. The highest BCUT2D eigenvalue weighted by Gasteiger charge is 2.16. The minimum Gasteiger partial charge on any atom is -0.481 e. The van der Waals surface area contributed by atoms with Crippen molar-refractivity contribution in [3.8, 4) is 0 Å². The summed E-state index contributed by atoms with van der Waals surface area (Å²) in [6.07, 6.45) is 0. The highest BCUT2D eigenvalue weighted by atomic mass is 16.4. The SMILES string of the molecule is CCN(C)CCNC(=O)N(C)CC(C)C(=O)O. The van der Waals surface area contributed by atoms with Gasteiger partial charge in [-0.15, -0.1) is 0 Å². The third-order valence-corrected chi connectivity index (χ3v) is 2.63. The van der Waals surface area contributed by atoms with Gasteiger partial charge in [-0.3, -0.25) is 4.79 Å². The number of carbonyl (C=O) groups is 2. The van der Waals surface area contributed by atoms with Crippen molar-refractivity contribution in [2.75, 3.05) is 40.3 Å². The predicted octanol–water partition coefficient (Wildman–Crippen LogP) is 0.300. The first kappa shape index (κ1) is 15.7. The van der Waals surface area contributed by atoms with E-state index in [-0.39, 0.29) is 12.6 Å². The van der Waals surface area contributed by atoms with Crippen molar-refractivity contribution in [3.63, 3.8) is 0 Å². The number of nitrogens with zero attached hydrogens (tertiary/aromatic N) is 2. The summed E-state index contributed by atoms with van der Waals surface area (Å²) in [5.74, 6) is -1.44. The number of amides is 2. The van der Waals surface area contributed by atoms with Gasteiger partial charge in [0.25, 0.3) is 0 Å². The molecule has 0 rings (SSSR count). The van der Waals surface area contributed by atoms with Crippen LogP contribution in [0.2, 0.25) is 0 Å². The van der Waals surface area contributed by atoms with Crippen molar-refractivity contribution >= 4 is 12.0 Å². The van der Waals surface area contributed by atoms with E-state index in [1.165, 1.54) is 4.90 Å². The predicted molar refractivity (Wildman–Crippen MR) is 66.0 cm³/mol. The monoisotopic (exact) mass is 245 g/mol. The van der Waals surface area contributed by atoms with Gasteiger partial charge in [0.15, 0.2) is 0 Å². The molecule has 0 spiro atoms. The first-order valence-electron chi connectivity index (χ1n) is 5.78. The fraction of sp³-hybridized carbons (Fsp3) is 0.818. The summed E-state index contributed by atoms with van der Waals surface area (Å²) in [6, 6.07) is -0.234. The van der Waals surface area contributed by atoms with Crippen LogP contribution in [0.1, 0.15) is 13.8 Å². The number of hydrogen-bond donors (Lipinski definition) is 2. The molecule has 0 bridgehead atoms. The maximum absolute atomic E-state index is 11.6. The summed E-state index contributed by atoms with van der Waals surface area (Å²) in [7, 11) is 3.57. The molecular formula is C11H23N3O3. The van der Waals surface area contributed by atoms with Crippen LogP contribution in [0.3, 0.4) is 0 Å². The summed E-state index contributed by atoms with van der Waals surface area (Å²) in [4.78, 5) is 25.7. The molecule has 0 fully saturated rings. The Morgan fingerprint density at radius 1 is 1.35 bits per heavy atom. The summed E-state index contributed by atoms with van der Waals surface area (Å²) >= 11 is 0. The number of aliphatic carboxylic acids is 1. The van der Waals surface area contributed by atoms with Crippen LogP contribution in [0.25, 0.3) is 0 Å². The highest BCUT2D eigenvalue weighted by molar-refractivity contribution is 5.75. The molecule has 0 aromatic heterocycles. The number of carbonyl (C=O) groups excluding carboxylic acids is 1. The van der Waals surface area contributed by atoms with E-state index in [1.807, 2.05) is 14.0 Å². The average Bonchev–Trinajstić information content (AvgIpc) is 2.28. The number of hydrogen-bond acceptors (Lipinski definition) is 3. The van der Waals surface area contributed by atoms with Crippen molar-refractivity contribution in [1.82, 2.24) is 15.1 Å². The minimum atomic E-state index is -0.893. The van der Waals surface area contributed by atoms with Crippen LogP contribution < -0.4 is 5.32 Å². The van der Waals surface area contributed by atoms with Crippen LogP contribution in [0.15, 0.2) is 0 Å². The molecule has 0 aliphatic heterocycles. The van der Waals surface area contributed by atoms with Gasteiger partial charge in [0.05, 0.1) is 5.92 Å². The molecule has 0 radical (unpaired) electrons. The van der Waals surface area contributed by atoms with Gasteiger partial charge in [0.1, 0.15) is 0 Å². The van der Waals surface area contributed by atoms with Gasteiger partial charge in [0, 0.05) is 26.7 Å². The Hall–Kier alpha value is -1.30. The Bertz CT molecular complexity index is 258. The molecule has 2 N–H and O–H groups in total. The molecule has 0 saturated heterocycles. The Kier molecular flexibility index (Phi) is 7.29. The summed E-state index contributed by atoms with van der Waals surface area (Å²) in [5.41, 5.74) is 0. The Morgan fingerprint density at radius 3 is 2.41 bits per heavy atom. The van der Waals surface area contributed by atoms with E-state index in [0.717, 1.165) is 13.1 Å². The summed E-state index contributed by atoms with van der Waals surface area (Å²) in [5, 5.41) is 11.5. The van der Waals surface area contributed by atoms with Gasteiger partial charge < -0.3 is 20.2 Å². The second-order valence-electron chi connectivity index (χ2n) is 4.25. The van der Waals surface area contributed by atoms with E-state index in [4.69, 9.17) is 5.11 Å². The first-order valence-corrected chi connectivity index (χ1v) is 5.78. The molecule has 6 heteroatoms. The molecule has 2 amide bonds. The Labute approximate surface area is 103 Å². The zero-order chi connectivity index (χ0) is 13.4. The van der Waals surface area contributed by atoms with Crippen LogP contribution in [0, 0.1) is 5.92 Å². The maximum atomic E-state index is 11.6. The molecule has 0 aromatic rings. The van der Waals surface area contributed by atoms with Gasteiger partial charge in [-0.05, 0) is 13.6 Å². The van der Waals surface area contributed by atoms with E-state index in [0.29, 0.717) is 6.54 Å². The molecule has 17 heavy (non-hydrogen) atoms. The molecular weight excluding hydrogens is 222 g/mol. The normalized spacial score (nSPS) is 12.3. The van der Waals surface area contributed by atoms with Crippen LogP contribution in [-0.2, 0) is 4.79 Å². The fourth-order valence-corrected chi connectivity index (χ4v) is 1.22. The molecule has 0 aliphatic rings. The lowest BCUT2D eigenvalue weighted by Gasteiger charge is -2.21. The molecule has 100 valence electrons. The largest absolute Gasteiger partial charge is 0.481 e. The molecule has 0 saturated carbocycles. The number of carboxylic acids is 1. The molecule has 0 aliphatic carbocycles. The van der Waals surface area contributed by atoms with Crippen molar-refractivity contribution in [3.05, 3.63) is 0 Å². The van der Waals surface area contributed by atoms with Crippen LogP contribution in [0.5, 0.6) is 0 Å². The van der Waals surface area contributed by atoms with E-state index < -0.39 is 11.9 Å². The number of urea groups is 1. The van der Waals surface area contributed by atoms with Crippen molar-refractivity contribution in [1.29, 1.82) is 0 Å². The summed E-state index contributed by atoms with van der Waals surface area (Å²) in [6.45, 7) is 6.12. The van der Waals surface area contributed by atoms with Gasteiger partial charge in [-0.25, -0.2) is 4.79 Å². The van der Waals surface area contributed by atoms with Gasteiger partial charge in [-0.2, -0.15) is 0 Å². The van der Waals surface area contributed by atoms with E-state index in [2.05, 4.69) is 10.2 Å². The topological polar surface area (TPSA) is 72.9 Å². The molecule has 1 atom stereocenters. The second-order valence-corrected chi connectivity index (χ2v) is 4.25. The standard InChI is InChI=1S/C11H23N3O3/c1-5-13(3)7-6-12-11(17)14(4)8-9(2)10(15)16/h9H,5-8H2,1-4H3,(H,12,17)(H,15,16). The van der Waals surface area contributed by atoms with Crippen LogP contribution in [-0.4, -0.2) is 67.2 Å². The average molecular weight is 245 g/mol. The zero-order valence-corrected chi connectivity index (χ0v) is 11.1. The van der Waals surface area contributed by atoms with Gasteiger partial charge in [0.2, 0.25) is 0 Å². The van der Waals surface area contributed by atoms with Gasteiger partial charge in [-0.1, -0.05) is 13.8 Å². The lowest BCUT2D eigenvalue weighted by atomic mass is 10.2. The number of carboxylic acid groups (broad SMARTS) is 1. The zero-order valence-electron chi connectivity index (χ0n) is 11.1. The lowest BCUT2D eigenvalue weighted by Crippen LogP contribution is -2.43. The maximum Gasteiger partial charge on any atom is 0.317 e.